The van der Waals surface area contributed by atoms with Gasteiger partial charge in [-0.1, -0.05) is 48.5 Å². The minimum atomic E-state index is -4.64. The Morgan fingerprint density at radius 2 is 1.70 bits per heavy atom. The first-order valence-corrected chi connectivity index (χ1v) is 13.0. The number of carbonyl (C=O) groups is 2. The van der Waals surface area contributed by atoms with E-state index >= 15 is 0 Å². The van der Waals surface area contributed by atoms with Crippen molar-refractivity contribution in [2.45, 2.75) is 44.0 Å². The zero-order valence-electron chi connectivity index (χ0n) is 22.9. The Bertz CT molecular complexity index is 1330. The number of likely N-dealkylation sites (N-methyl/N-ethyl adjacent to an activating group) is 1. The van der Waals surface area contributed by atoms with Crippen LogP contribution in [-0.2, 0) is 33.3 Å². The van der Waals surface area contributed by atoms with Gasteiger partial charge in [0, 0.05) is 31.1 Å². The zero-order chi connectivity index (χ0) is 29.0. The fourth-order valence-electron chi connectivity index (χ4n) is 5.23. The van der Waals surface area contributed by atoms with Crippen LogP contribution in [0.15, 0.2) is 72.8 Å². The first-order valence-electron chi connectivity index (χ1n) is 13.0. The van der Waals surface area contributed by atoms with Crippen molar-refractivity contribution >= 4 is 17.6 Å². The summed E-state index contributed by atoms with van der Waals surface area (Å²) in [7, 11) is 5.24. The SMILES string of the molecule is COc1ccc(C2Cc3c(cccc3C(F)(F)F)N(CC(Cc3ccccc3)N(C)C)C(=O)C2OC(C)=O)cc1. The fourth-order valence-corrected chi connectivity index (χ4v) is 5.23. The second-order valence-electron chi connectivity index (χ2n) is 10.2. The number of halogens is 3. The number of fused-ring (bicyclic) bond motifs is 1. The molecule has 0 N–H and O–H groups in total. The predicted molar refractivity (Wildman–Crippen MR) is 146 cm³/mol. The lowest BCUT2D eigenvalue weighted by molar-refractivity contribution is -0.154. The average Bonchev–Trinajstić information content (AvgIpc) is 3.02. The van der Waals surface area contributed by atoms with E-state index in [0.29, 0.717) is 17.7 Å². The van der Waals surface area contributed by atoms with Gasteiger partial charge in [-0.2, -0.15) is 13.2 Å². The number of carbonyl (C=O) groups excluding carboxylic acids is 2. The van der Waals surface area contributed by atoms with Crippen LogP contribution in [0.5, 0.6) is 5.75 Å². The fraction of sp³-hybridized carbons (Fsp3) is 0.355. The summed E-state index contributed by atoms with van der Waals surface area (Å²) in [6.07, 6.45) is -5.55. The molecule has 0 saturated heterocycles. The number of hydrogen-bond acceptors (Lipinski definition) is 5. The van der Waals surface area contributed by atoms with Gasteiger partial charge in [-0.15, -0.1) is 0 Å². The molecule has 1 aliphatic rings. The average molecular weight is 555 g/mol. The Labute approximate surface area is 232 Å². The third kappa shape index (κ3) is 6.47. The lowest BCUT2D eigenvalue weighted by Crippen LogP contribution is -2.49. The molecule has 1 heterocycles. The molecule has 0 saturated carbocycles. The molecular weight excluding hydrogens is 521 g/mol. The second-order valence-corrected chi connectivity index (χ2v) is 10.2. The van der Waals surface area contributed by atoms with E-state index in [2.05, 4.69) is 0 Å². The van der Waals surface area contributed by atoms with E-state index < -0.39 is 35.6 Å². The Morgan fingerprint density at radius 1 is 1.02 bits per heavy atom. The van der Waals surface area contributed by atoms with Crippen LogP contribution in [0.25, 0.3) is 0 Å². The molecule has 0 fully saturated rings. The van der Waals surface area contributed by atoms with E-state index in [1.54, 1.807) is 30.3 Å². The van der Waals surface area contributed by atoms with Crippen LogP contribution in [0.4, 0.5) is 18.9 Å². The Balaban J connectivity index is 1.86. The van der Waals surface area contributed by atoms with Crippen molar-refractivity contribution in [1.29, 1.82) is 0 Å². The normalized spacial score (nSPS) is 18.2. The summed E-state index contributed by atoms with van der Waals surface area (Å²) in [5, 5.41) is 0. The van der Waals surface area contributed by atoms with Gasteiger partial charge in [-0.25, -0.2) is 0 Å². The number of methoxy groups -OCH3 is 1. The van der Waals surface area contributed by atoms with Crippen LogP contribution in [0.3, 0.4) is 0 Å². The standard InChI is InChI=1S/C31H33F3N2O4/c1-20(37)40-29-25(22-13-15-24(39-4)16-14-22)18-26-27(31(32,33)34)11-8-12-28(26)36(30(29)38)19-23(35(2)3)17-21-9-6-5-7-10-21/h5-16,23,25,29H,17-19H2,1-4H3. The summed E-state index contributed by atoms with van der Waals surface area (Å²) in [6, 6.07) is 20.1. The van der Waals surface area contributed by atoms with Crippen molar-refractivity contribution in [2.24, 2.45) is 0 Å². The molecule has 0 radical (unpaired) electrons. The maximum absolute atomic E-state index is 14.3. The lowest BCUT2D eigenvalue weighted by Gasteiger charge is -2.33. The summed E-state index contributed by atoms with van der Waals surface area (Å²) in [6.45, 7) is 1.29. The van der Waals surface area contributed by atoms with Crippen molar-refractivity contribution in [3.8, 4) is 5.75 Å². The highest BCUT2D eigenvalue weighted by atomic mass is 19.4. The molecule has 1 aliphatic heterocycles. The minimum absolute atomic E-state index is 0.00367. The van der Waals surface area contributed by atoms with Crippen LogP contribution >= 0.6 is 0 Å². The zero-order valence-corrected chi connectivity index (χ0v) is 22.9. The van der Waals surface area contributed by atoms with Crippen molar-refractivity contribution in [2.75, 3.05) is 32.6 Å². The van der Waals surface area contributed by atoms with Gasteiger partial charge in [-0.3, -0.25) is 9.59 Å². The van der Waals surface area contributed by atoms with Crippen molar-refractivity contribution in [3.05, 3.63) is 95.1 Å². The van der Waals surface area contributed by atoms with E-state index in [1.165, 1.54) is 25.0 Å². The molecule has 3 unspecified atom stereocenters. The van der Waals surface area contributed by atoms with E-state index in [9.17, 15) is 22.8 Å². The molecule has 0 aromatic heterocycles. The lowest BCUT2D eigenvalue weighted by atomic mass is 9.86. The summed E-state index contributed by atoms with van der Waals surface area (Å²) >= 11 is 0. The van der Waals surface area contributed by atoms with E-state index in [0.717, 1.165) is 11.6 Å². The molecular formula is C31H33F3N2O4. The number of anilines is 1. The number of amides is 1. The highest BCUT2D eigenvalue weighted by Crippen LogP contribution is 2.43. The Morgan fingerprint density at radius 3 is 2.27 bits per heavy atom. The number of benzene rings is 3. The summed E-state index contributed by atoms with van der Waals surface area (Å²) in [5.74, 6) is -1.54. The first kappa shape index (κ1) is 29.1. The molecule has 1 amide bonds. The molecule has 3 aromatic carbocycles. The Hall–Kier alpha value is -3.85. The molecule has 0 spiro atoms. The monoisotopic (exact) mass is 554 g/mol. The maximum atomic E-state index is 14.3. The third-order valence-electron chi connectivity index (χ3n) is 7.32. The molecule has 3 atom stereocenters. The van der Waals surface area contributed by atoms with Crippen molar-refractivity contribution < 1.29 is 32.2 Å². The van der Waals surface area contributed by atoms with Crippen LogP contribution in [0.1, 0.15) is 35.1 Å². The second kappa shape index (κ2) is 12.1. The molecule has 4 rings (SSSR count). The van der Waals surface area contributed by atoms with Crippen LogP contribution in [-0.4, -0.2) is 56.7 Å². The van der Waals surface area contributed by atoms with Gasteiger partial charge in [0.15, 0.2) is 6.10 Å². The number of alkyl halides is 3. The molecule has 0 bridgehead atoms. The highest BCUT2D eigenvalue weighted by molar-refractivity contribution is 6.00. The quantitative estimate of drug-likeness (QED) is 0.345. The first-order chi connectivity index (χ1) is 19.0. The van der Waals surface area contributed by atoms with Gasteiger partial charge in [0.05, 0.1) is 12.7 Å². The molecule has 40 heavy (non-hydrogen) atoms. The molecule has 3 aromatic rings. The molecule has 9 heteroatoms. The summed E-state index contributed by atoms with van der Waals surface area (Å²) < 4.78 is 53.8. The Kier molecular flexibility index (Phi) is 8.83. The van der Waals surface area contributed by atoms with Crippen LogP contribution in [0.2, 0.25) is 0 Å². The minimum Gasteiger partial charge on any atom is -0.497 e. The molecule has 0 aliphatic carbocycles. The summed E-state index contributed by atoms with van der Waals surface area (Å²) in [4.78, 5) is 29.8. The number of rotatable bonds is 8. The maximum Gasteiger partial charge on any atom is 0.416 e. The van der Waals surface area contributed by atoms with Gasteiger partial charge in [-0.05, 0) is 67.9 Å². The van der Waals surface area contributed by atoms with Crippen molar-refractivity contribution in [3.63, 3.8) is 0 Å². The van der Waals surface area contributed by atoms with Crippen molar-refractivity contribution in [1.82, 2.24) is 4.90 Å². The van der Waals surface area contributed by atoms with E-state index in [4.69, 9.17) is 9.47 Å². The third-order valence-corrected chi connectivity index (χ3v) is 7.32. The number of hydrogen-bond donors (Lipinski definition) is 0. The van der Waals surface area contributed by atoms with Crippen LogP contribution < -0.4 is 9.64 Å². The smallest absolute Gasteiger partial charge is 0.416 e. The molecule has 6 nitrogen and oxygen atoms in total. The topological polar surface area (TPSA) is 59.1 Å². The van der Waals surface area contributed by atoms with Gasteiger partial charge < -0.3 is 19.3 Å². The van der Waals surface area contributed by atoms with Crippen LogP contribution in [0, 0.1) is 0 Å². The van der Waals surface area contributed by atoms with E-state index in [1.807, 2.05) is 49.3 Å². The highest BCUT2D eigenvalue weighted by Gasteiger charge is 2.44. The number of esters is 1. The van der Waals surface area contributed by atoms with Gasteiger partial charge in [0.25, 0.3) is 5.91 Å². The van der Waals surface area contributed by atoms with Gasteiger partial charge in [0.1, 0.15) is 5.75 Å². The van der Waals surface area contributed by atoms with Gasteiger partial charge >= 0.3 is 12.1 Å². The summed E-state index contributed by atoms with van der Waals surface area (Å²) in [5.41, 5.74) is 0.956. The number of nitrogens with zero attached hydrogens (tertiary/aromatic N) is 2. The predicted octanol–water partition coefficient (Wildman–Crippen LogP) is 5.49. The molecule has 212 valence electrons. The largest absolute Gasteiger partial charge is 0.497 e. The van der Waals surface area contributed by atoms with E-state index in [-0.39, 0.29) is 30.3 Å². The van der Waals surface area contributed by atoms with Gasteiger partial charge in [0.2, 0.25) is 0 Å². The number of ether oxygens (including phenoxy) is 2.